The summed E-state index contributed by atoms with van der Waals surface area (Å²) in [6.07, 6.45) is 11.0. The van der Waals surface area contributed by atoms with Crippen LogP contribution in [0.3, 0.4) is 0 Å². The zero-order valence-corrected chi connectivity index (χ0v) is 17.9. The Labute approximate surface area is 174 Å². The number of aryl methyl sites for hydroxylation is 1. The number of hydrogen-bond donors (Lipinski definition) is 0. The molecule has 156 valence electrons. The van der Waals surface area contributed by atoms with Gasteiger partial charge in [0.05, 0.1) is 5.56 Å². The van der Waals surface area contributed by atoms with Gasteiger partial charge in [-0.05, 0) is 91.0 Å². The van der Waals surface area contributed by atoms with Gasteiger partial charge in [0.25, 0.3) is 0 Å². The van der Waals surface area contributed by atoms with Gasteiger partial charge >= 0.3 is 0 Å². The Balaban J connectivity index is 1.50. The Morgan fingerprint density at radius 1 is 0.828 bits per heavy atom. The summed E-state index contributed by atoms with van der Waals surface area (Å²) in [5.41, 5.74) is 2.78. The predicted octanol–water partition coefficient (Wildman–Crippen LogP) is 8.29. The molecule has 4 rings (SSSR count). The molecule has 0 aromatic heterocycles. The monoisotopic (exact) mass is 396 g/mol. The summed E-state index contributed by atoms with van der Waals surface area (Å²) in [7, 11) is 0. The third-order valence-electron chi connectivity index (χ3n) is 7.61. The van der Waals surface area contributed by atoms with Gasteiger partial charge in [0.2, 0.25) is 0 Å². The van der Waals surface area contributed by atoms with Gasteiger partial charge in [-0.3, -0.25) is 0 Å². The molecule has 0 N–H and O–H groups in total. The summed E-state index contributed by atoms with van der Waals surface area (Å²) in [6, 6.07) is 10.8. The summed E-state index contributed by atoms with van der Waals surface area (Å²) >= 11 is 0. The molecule has 2 aliphatic carbocycles. The molecule has 2 heteroatoms. The van der Waals surface area contributed by atoms with Crippen molar-refractivity contribution >= 4 is 0 Å². The normalized spacial score (nSPS) is 26.9. The van der Waals surface area contributed by atoms with Gasteiger partial charge < -0.3 is 0 Å². The third kappa shape index (κ3) is 4.42. The maximum absolute atomic E-state index is 15.0. The van der Waals surface area contributed by atoms with Gasteiger partial charge in [0, 0.05) is 0 Å². The first kappa shape index (κ1) is 20.6. The van der Waals surface area contributed by atoms with Crippen molar-refractivity contribution in [1.82, 2.24) is 0 Å². The van der Waals surface area contributed by atoms with Crippen LogP contribution in [0, 0.1) is 29.4 Å². The highest BCUT2D eigenvalue weighted by atomic mass is 19.1. The van der Waals surface area contributed by atoms with Crippen LogP contribution >= 0.6 is 0 Å². The zero-order chi connectivity index (χ0) is 20.4. The van der Waals surface area contributed by atoms with E-state index in [0.29, 0.717) is 11.5 Å². The van der Waals surface area contributed by atoms with Crippen molar-refractivity contribution in [2.24, 2.45) is 17.8 Å². The van der Waals surface area contributed by atoms with E-state index in [1.165, 1.54) is 44.1 Å². The van der Waals surface area contributed by atoms with Crippen molar-refractivity contribution < 1.29 is 8.78 Å². The minimum atomic E-state index is -0.418. The van der Waals surface area contributed by atoms with Crippen LogP contribution in [-0.4, -0.2) is 0 Å². The largest absolute Gasteiger partial charge is 0.206 e. The second-order valence-corrected chi connectivity index (χ2v) is 9.41. The van der Waals surface area contributed by atoms with Gasteiger partial charge in [-0.2, -0.15) is 0 Å². The fourth-order valence-electron chi connectivity index (χ4n) is 5.97. The maximum Gasteiger partial charge on any atom is 0.134 e. The van der Waals surface area contributed by atoms with Crippen molar-refractivity contribution in [3.63, 3.8) is 0 Å². The lowest BCUT2D eigenvalue weighted by atomic mass is 9.63. The fraction of sp³-hybridized carbons (Fsp3) is 0.556. The van der Waals surface area contributed by atoms with E-state index in [2.05, 4.69) is 13.8 Å². The second-order valence-electron chi connectivity index (χ2n) is 9.41. The van der Waals surface area contributed by atoms with Gasteiger partial charge in [0.1, 0.15) is 11.6 Å². The minimum absolute atomic E-state index is 0.116. The molecule has 2 aliphatic rings. The minimum Gasteiger partial charge on any atom is -0.206 e. The molecule has 0 saturated heterocycles. The molecular weight excluding hydrogens is 362 g/mol. The number of halogens is 2. The quantitative estimate of drug-likeness (QED) is 0.477. The van der Waals surface area contributed by atoms with E-state index < -0.39 is 11.6 Å². The van der Waals surface area contributed by atoms with Gasteiger partial charge in [-0.1, -0.05) is 57.4 Å². The zero-order valence-electron chi connectivity index (χ0n) is 17.9. The van der Waals surface area contributed by atoms with E-state index in [4.69, 9.17) is 0 Å². The van der Waals surface area contributed by atoms with Crippen LogP contribution in [0.5, 0.6) is 0 Å². The number of rotatable bonds is 5. The summed E-state index contributed by atoms with van der Waals surface area (Å²) in [4.78, 5) is 0. The molecule has 0 aliphatic heterocycles. The number of benzene rings is 2. The van der Waals surface area contributed by atoms with Crippen LogP contribution in [-0.2, 0) is 6.42 Å². The first-order valence-corrected chi connectivity index (χ1v) is 11.7. The van der Waals surface area contributed by atoms with Crippen molar-refractivity contribution in [2.75, 3.05) is 0 Å². The second kappa shape index (κ2) is 8.98. The molecule has 29 heavy (non-hydrogen) atoms. The third-order valence-corrected chi connectivity index (χ3v) is 7.61. The van der Waals surface area contributed by atoms with E-state index >= 15 is 0 Å². The Bertz CT molecular complexity index is 800. The summed E-state index contributed by atoms with van der Waals surface area (Å²) in [5, 5.41) is 0. The van der Waals surface area contributed by atoms with Crippen LogP contribution in [0.4, 0.5) is 8.78 Å². The number of hydrogen-bond acceptors (Lipinski definition) is 0. The van der Waals surface area contributed by atoms with Crippen molar-refractivity contribution in [2.45, 2.75) is 77.6 Å². The number of fused-ring (bicyclic) bond motifs is 1. The molecule has 0 radical (unpaired) electrons. The van der Waals surface area contributed by atoms with Crippen molar-refractivity contribution in [3.8, 4) is 11.1 Å². The summed E-state index contributed by atoms with van der Waals surface area (Å²) < 4.78 is 29.9. The first-order chi connectivity index (χ1) is 14.1. The molecule has 4 atom stereocenters. The molecule has 0 bridgehead atoms. The van der Waals surface area contributed by atoms with E-state index in [9.17, 15) is 8.78 Å². The van der Waals surface area contributed by atoms with Crippen LogP contribution in [0.15, 0.2) is 36.4 Å². The van der Waals surface area contributed by atoms with Gasteiger partial charge in [0.15, 0.2) is 0 Å². The van der Waals surface area contributed by atoms with Crippen LogP contribution in [0.25, 0.3) is 11.1 Å². The Morgan fingerprint density at radius 3 is 2.14 bits per heavy atom. The SMILES string of the molecule is CCCC1CCC2CC(c3cc(F)c(-c4ccc(CC)cc4)c(F)c3)CCC2C1. The Hall–Kier alpha value is -1.70. The maximum atomic E-state index is 15.0. The molecule has 0 heterocycles. The molecule has 0 spiro atoms. The Kier molecular flexibility index (Phi) is 6.37. The topological polar surface area (TPSA) is 0 Å². The summed E-state index contributed by atoms with van der Waals surface area (Å²) in [6.45, 7) is 4.36. The van der Waals surface area contributed by atoms with E-state index in [-0.39, 0.29) is 5.56 Å². The predicted molar refractivity (Wildman–Crippen MR) is 117 cm³/mol. The standard InChI is InChI=1S/C27H34F2/c1-3-5-19-8-11-22-15-23(13-12-21(22)14-19)24-16-25(28)27(26(29)17-24)20-9-6-18(4-2)7-10-20/h6-7,9-10,16-17,19,21-23H,3-5,8,11-15H2,1-2H3. The molecule has 4 unspecified atom stereocenters. The average Bonchev–Trinajstić information content (AvgIpc) is 2.73. The van der Waals surface area contributed by atoms with E-state index in [0.717, 1.165) is 42.6 Å². The highest BCUT2D eigenvalue weighted by molar-refractivity contribution is 5.65. The molecule has 0 nitrogen and oxygen atoms in total. The van der Waals surface area contributed by atoms with E-state index in [1.54, 1.807) is 12.1 Å². The van der Waals surface area contributed by atoms with Crippen molar-refractivity contribution in [1.29, 1.82) is 0 Å². The first-order valence-electron chi connectivity index (χ1n) is 11.7. The van der Waals surface area contributed by atoms with Gasteiger partial charge in [-0.15, -0.1) is 0 Å². The molecule has 2 fully saturated rings. The molecule has 2 aromatic carbocycles. The van der Waals surface area contributed by atoms with Crippen LogP contribution in [0.2, 0.25) is 0 Å². The molecule has 0 amide bonds. The Morgan fingerprint density at radius 2 is 1.48 bits per heavy atom. The molecule has 2 aromatic rings. The smallest absolute Gasteiger partial charge is 0.134 e. The summed E-state index contributed by atoms with van der Waals surface area (Å²) in [5.74, 6) is 1.96. The highest BCUT2D eigenvalue weighted by Crippen LogP contribution is 2.48. The van der Waals surface area contributed by atoms with Gasteiger partial charge in [-0.25, -0.2) is 8.78 Å². The van der Waals surface area contributed by atoms with Crippen LogP contribution in [0.1, 0.15) is 82.3 Å². The highest BCUT2D eigenvalue weighted by Gasteiger charge is 2.36. The molecular formula is C27H34F2. The van der Waals surface area contributed by atoms with E-state index in [1.807, 2.05) is 24.3 Å². The lowest BCUT2D eigenvalue weighted by molar-refractivity contribution is 0.114. The fourth-order valence-corrected chi connectivity index (χ4v) is 5.97. The average molecular weight is 397 g/mol. The lowest BCUT2D eigenvalue weighted by Crippen LogP contribution is -2.30. The van der Waals surface area contributed by atoms with Crippen LogP contribution < -0.4 is 0 Å². The van der Waals surface area contributed by atoms with Crippen molar-refractivity contribution in [3.05, 3.63) is 59.2 Å². The lowest BCUT2D eigenvalue weighted by Gasteiger charge is -2.42. The molecule has 2 saturated carbocycles.